The van der Waals surface area contributed by atoms with E-state index in [-0.39, 0.29) is 15.7 Å². The fourth-order valence-corrected chi connectivity index (χ4v) is 6.34. The molecular weight excluding hydrogens is 500 g/mol. The summed E-state index contributed by atoms with van der Waals surface area (Å²) in [6, 6.07) is 1.59. The molecule has 14 heteroatoms. The Kier molecular flexibility index (Phi) is 6.20. The van der Waals surface area contributed by atoms with Crippen LogP contribution in [0, 0.1) is 12.5 Å². The molecule has 0 spiro atoms. The highest BCUT2D eigenvalue weighted by atomic mass is 32.2. The molecule has 1 N–H and O–H groups in total. The average molecular weight is 524 g/mol. The molecule has 0 amide bonds. The molecule has 0 aromatic carbocycles. The molecule has 4 heterocycles. The van der Waals surface area contributed by atoms with E-state index < -0.39 is 27.1 Å². The van der Waals surface area contributed by atoms with Gasteiger partial charge in [0.2, 0.25) is 10.0 Å². The highest BCUT2D eigenvalue weighted by Crippen LogP contribution is 2.39. The summed E-state index contributed by atoms with van der Waals surface area (Å²) in [6.07, 6.45) is 2.88. The van der Waals surface area contributed by atoms with Gasteiger partial charge in [-0.3, -0.25) is 9.25 Å². The number of imidazole rings is 1. The number of halogens is 2. The lowest BCUT2D eigenvalue weighted by Crippen LogP contribution is -2.36. The molecule has 3 aromatic rings. The number of nitrogens with one attached hydrogen (secondary N) is 1. The van der Waals surface area contributed by atoms with Crippen LogP contribution in [-0.4, -0.2) is 60.5 Å². The second kappa shape index (κ2) is 9.05. The van der Waals surface area contributed by atoms with E-state index in [4.69, 9.17) is 11.3 Å². The van der Waals surface area contributed by atoms with Crippen molar-refractivity contribution < 1.29 is 21.9 Å². The van der Waals surface area contributed by atoms with Crippen molar-refractivity contribution >= 4 is 32.6 Å². The molecule has 186 valence electrons. The number of methoxy groups -OCH3 is 1. The normalized spacial score (nSPS) is 18.3. The summed E-state index contributed by atoms with van der Waals surface area (Å²) < 4.78 is 62.1. The van der Waals surface area contributed by atoms with Crippen LogP contribution in [0.4, 0.5) is 14.5 Å². The first-order valence-electron chi connectivity index (χ1n) is 11.0. The molecule has 5 rings (SSSR count). The molecule has 2 fully saturated rings. The van der Waals surface area contributed by atoms with E-state index >= 15 is 0 Å². The van der Waals surface area contributed by atoms with E-state index in [9.17, 15) is 17.2 Å². The number of pyridine rings is 1. The second-order valence-electron chi connectivity index (χ2n) is 8.78. The largest absolute Gasteiger partial charge is 0.384 e. The van der Waals surface area contributed by atoms with Gasteiger partial charge >= 0.3 is 0 Å². The Hall–Kier alpha value is -2.73. The summed E-state index contributed by atoms with van der Waals surface area (Å²) >= 11 is 0.710. The predicted octanol–water partition coefficient (Wildman–Crippen LogP) is 3.34. The molecule has 0 atom stereocenters. The Bertz CT molecular complexity index is 1390. The van der Waals surface area contributed by atoms with E-state index in [1.54, 1.807) is 23.8 Å². The highest BCUT2D eigenvalue weighted by Gasteiger charge is 2.54. The van der Waals surface area contributed by atoms with Crippen molar-refractivity contribution in [3.8, 4) is 10.8 Å². The molecule has 1 saturated heterocycles. The van der Waals surface area contributed by atoms with Gasteiger partial charge in [0.05, 0.1) is 30.2 Å². The van der Waals surface area contributed by atoms with Crippen molar-refractivity contribution in [2.75, 3.05) is 31.7 Å². The first kappa shape index (κ1) is 24.0. The number of anilines is 1. The molecule has 2 aliphatic rings. The molecule has 1 aliphatic carbocycles. The van der Waals surface area contributed by atoms with Crippen molar-refractivity contribution in [2.24, 2.45) is 5.92 Å². The van der Waals surface area contributed by atoms with Gasteiger partial charge in [-0.25, -0.2) is 28.8 Å². The van der Waals surface area contributed by atoms with E-state index in [0.29, 0.717) is 61.0 Å². The minimum atomic E-state index is -4.04. The first-order valence-corrected chi connectivity index (χ1v) is 13.3. The summed E-state index contributed by atoms with van der Waals surface area (Å²) in [4.78, 5) is 9.89. The van der Waals surface area contributed by atoms with E-state index in [1.807, 2.05) is 0 Å². The number of rotatable bonds is 8. The highest BCUT2D eigenvalue weighted by molar-refractivity contribution is 7.89. The smallest absolute Gasteiger partial charge is 0.299 e. The number of piperidine rings is 1. The lowest BCUT2D eigenvalue weighted by Gasteiger charge is -2.34. The standard InChI is InChI=1S/C21H23F2N7O3S2/c1-24-21(5-6-21)28-35(31,32)14-9-15(29-7-3-13(4-8-29)12-33-2)16-10-25-18(30(16)11-14)20-27-26-19(34-20)17(22)23/h9-11,13,17,28H,3-8,12H2,2H3. The molecule has 1 aliphatic heterocycles. The third kappa shape index (κ3) is 4.61. The third-order valence-electron chi connectivity index (χ3n) is 6.34. The molecule has 0 unspecified atom stereocenters. The van der Waals surface area contributed by atoms with E-state index in [2.05, 4.69) is 29.6 Å². The quantitative estimate of drug-likeness (QED) is 0.452. The van der Waals surface area contributed by atoms with Crippen LogP contribution < -0.4 is 9.62 Å². The molecule has 3 aromatic heterocycles. The zero-order valence-electron chi connectivity index (χ0n) is 18.8. The number of sulfonamides is 1. The number of fused-ring (bicyclic) bond motifs is 1. The van der Waals surface area contributed by atoms with Gasteiger partial charge in [0, 0.05) is 33.0 Å². The van der Waals surface area contributed by atoms with Gasteiger partial charge in [0.1, 0.15) is 4.90 Å². The minimum absolute atomic E-state index is 0.0354. The van der Waals surface area contributed by atoms with E-state index in [1.165, 1.54) is 6.20 Å². The van der Waals surface area contributed by atoms with Gasteiger partial charge in [0.25, 0.3) is 12.1 Å². The molecule has 0 bridgehead atoms. The molecular formula is C21H23F2N7O3S2. The van der Waals surface area contributed by atoms with Crippen LogP contribution in [-0.2, 0) is 14.8 Å². The van der Waals surface area contributed by atoms with Crippen LogP contribution in [0.2, 0.25) is 0 Å². The van der Waals surface area contributed by atoms with Crippen LogP contribution in [0.25, 0.3) is 21.2 Å². The van der Waals surface area contributed by atoms with Crippen molar-refractivity contribution in [3.05, 3.63) is 34.9 Å². The van der Waals surface area contributed by atoms with Crippen LogP contribution in [0.3, 0.4) is 0 Å². The van der Waals surface area contributed by atoms with Gasteiger partial charge in [-0.05, 0) is 24.8 Å². The topological polar surface area (TPSA) is 106 Å². The Balaban J connectivity index is 1.59. The van der Waals surface area contributed by atoms with Crippen LogP contribution in [0.5, 0.6) is 0 Å². The summed E-state index contributed by atoms with van der Waals surface area (Å²) in [5.41, 5.74) is 0.188. The lowest BCUT2D eigenvalue weighted by molar-refractivity contribution is 0.139. The van der Waals surface area contributed by atoms with Crippen molar-refractivity contribution in [1.29, 1.82) is 0 Å². The predicted molar refractivity (Wildman–Crippen MR) is 125 cm³/mol. The summed E-state index contributed by atoms with van der Waals surface area (Å²) in [6.45, 7) is 9.40. The number of nitrogens with zero attached hydrogens (tertiary/aromatic N) is 6. The average Bonchev–Trinajstić information content (AvgIpc) is 3.22. The maximum atomic E-state index is 13.3. The third-order valence-corrected chi connectivity index (χ3v) is 8.76. The van der Waals surface area contributed by atoms with Gasteiger partial charge < -0.3 is 9.64 Å². The van der Waals surface area contributed by atoms with Gasteiger partial charge in [-0.1, -0.05) is 11.3 Å². The van der Waals surface area contributed by atoms with Gasteiger partial charge in [-0.2, -0.15) is 0 Å². The SMILES string of the molecule is [C-]#[N+]C1(NS(=O)(=O)c2cc(N3CCC(COC)CC3)c3cnc(-c4nnc(C(F)F)s4)n3c2)CC1. The first-order chi connectivity index (χ1) is 16.7. The van der Waals surface area contributed by atoms with E-state index in [0.717, 1.165) is 12.8 Å². The van der Waals surface area contributed by atoms with Gasteiger partial charge in [-0.15, -0.1) is 14.9 Å². The van der Waals surface area contributed by atoms with Crippen molar-refractivity contribution in [1.82, 2.24) is 24.3 Å². The number of aromatic nitrogens is 4. The van der Waals surface area contributed by atoms with Crippen LogP contribution in [0.1, 0.15) is 37.1 Å². The lowest BCUT2D eigenvalue weighted by atomic mass is 9.97. The zero-order chi connectivity index (χ0) is 24.8. The Morgan fingerprint density at radius 1 is 1.34 bits per heavy atom. The fraction of sp³-hybridized carbons (Fsp3) is 0.524. The summed E-state index contributed by atoms with van der Waals surface area (Å²) in [5.74, 6) is 0.646. The summed E-state index contributed by atoms with van der Waals surface area (Å²) in [7, 11) is -2.36. The van der Waals surface area contributed by atoms with Gasteiger partial charge in [0.15, 0.2) is 15.8 Å². The molecule has 10 nitrogen and oxygen atoms in total. The van der Waals surface area contributed by atoms with Crippen molar-refractivity contribution in [2.45, 2.75) is 42.7 Å². The number of hydrogen-bond acceptors (Lipinski definition) is 8. The Morgan fingerprint density at radius 3 is 2.69 bits per heavy atom. The van der Waals surface area contributed by atoms with Crippen LogP contribution in [0.15, 0.2) is 23.4 Å². The number of ether oxygens (including phenoxy) is 1. The molecule has 35 heavy (non-hydrogen) atoms. The monoisotopic (exact) mass is 523 g/mol. The summed E-state index contributed by atoms with van der Waals surface area (Å²) in [5, 5.41) is 7.11. The molecule has 0 radical (unpaired) electrons. The maximum absolute atomic E-state index is 13.3. The molecule has 1 saturated carbocycles. The minimum Gasteiger partial charge on any atom is -0.384 e. The Morgan fingerprint density at radius 2 is 2.09 bits per heavy atom. The van der Waals surface area contributed by atoms with Crippen LogP contribution >= 0.6 is 11.3 Å². The zero-order valence-corrected chi connectivity index (χ0v) is 20.4. The number of hydrogen-bond donors (Lipinski definition) is 1. The fourth-order valence-electron chi connectivity index (χ4n) is 4.27. The van der Waals surface area contributed by atoms with Crippen molar-refractivity contribution in [3.63, 3.8) is 0 Å². The second-order valence-corrected chi connectivity index (χ2v) is 11.5. The number of alkyl halides is 2. The maximum Gasteiger partial charge on any atom is 0.299 e. The Labute approximate surface area is 204 Å².